The van der Waals surface area contributed by atoms with E-state index in [1.54, 1.807) is 0 Å². The first-order valence-electron chi connectivity index (χ1n) is 15.6. The molecule has 0 spiro atoms. The summed E-state index contributed by atoms with van der Waals surface area (Å²) in [5, 5.41) is 5.93. The Morgan fingerprint density at radius 2 is 0.923 bits per heavy atom. The summed E-state index contributed by atoms with van der Waals surface area (Å²) >= 11 is 0. The molecule has 7 aromatic carbocycles. The van der Waals surface area contributed by atoms with Crippen LogP contribution in [0.15, 0.2) is 152 Å². The van der Waals surface area contributed by atoms with Crippen molar-refractivity contribution in [2.45, 2.75) is 0 Å². The summed E-state index contributed by atoms with van der Waals surface area (Å²) in [6.07, 6.45) is 0. The highest BCUT2D eigenvalue weighted by atomic mass is 15.0. The highest BCUT2D eigenvalue weighted by Crippen LogP contribution is 2.44. The lowest BCUT2D eigenvalue weighted by atomic mass is 9.86. The van der Waals surface area contributed by atoms with Crippen LogP contribution in [0.5, 0.6) is 0 Å². The first-order valence-corrected chi connectivity index (χ1v) is 13.1. The smallest absolute Gasteiger partial charge is 0.0629 e. The van der Waals surface area contributed by atoms with Crippen LogP contribution in [0.1, 0.15) is 6.85 Å². The molecule has 0 saturated carbocycles. The molecule has 1 aromatic heterocycles. The second-order valence-electron chi connectivity index (χ2n) is 9.76. The second-order valence-corrected chi connectivity index (χ2v) is 9.76. The molecule has 1 heterocycles. The van der Waals surface area contributed by atoms with Crippen molar-refractivity contribution < 1.29 is 6.85 Å². The van der Waals surface area contributed by atoms with Gasteiger partial charge in [0, 0.05) is 16.5 Å². The molecular weight excluding hydrogens is 470 g/mol. The molecule has 0 N–H and O–H groups in total. The van der Waals surface area contributed by atoms with E-state index in [1.165, 1.54) is 5.39 Å². The average molecular weight is 501 g/mol. The number of aromatic nitrogens is 1. The minimum atomic E-state index is -0.393. The van der Waals surface area contributed by atoms with Crippen molar-refractivity contribution >= 4 is 43.4 Å². The number of fused-ring (bicyclic) bond motifs is 5. The molecule has 8 aromatic rings. The molecule has 1 nitrogen and oxygen atoms in total. The van der Waals surface area contributed by atoms with Crippen molar-refractivity contribution in [3.8, 4) is 27.9 Å². The number of hydrogen-bond acceptors (Lipinski definition) is 0. The fourth-order valence-corrected chi connectivity index (χ4v) is 6.07. The van der Waals surface area contributed by atoms with E-state index in [0.29, 0.717) is 5.56 Å². The van der Waals surface area contributed by atoms with Crippen LogP contribution >= 0.6 is 0 Å². The third-order valence-electron chi connectivity index (χ3n) is 7.66. The van der Waals surface area contributed by atoms with Crippen LogP contribution < -0.4 is 0 Å². The summed E-state index contributed by atoms with van der Waals surface area (Å²) in [5.41, 5.74) is 6.26. The van der Waals surface area contributed by atoms with Gasteiger partial charge in [-0.25, -0.2) is 0 Å². The highest BCUT2D eigenvalue weighted by Gasteiger charge is 2.18. The summed E-state index contributed by atoms with van der Waals surface area (Å²) in [6, 6.07) is 40.0. The Kier molecular flexibility index (Phi) is 3.89. The zero-order valence-electron chi connectivity index (χ0n) is 26.0. The van der Waals surface area contributed by atoms with E-state index in [0.717, 1.165) is 54.8 Å². The average Bonchev–Trinajstić information content (AvgIpc) is 3.40. The van der Waals surface area contributed by atoms with E-state index in [1.807, 2.05) is 42.5 Å². The van der Waals surface area contributed by atoms with E-state index in [4.69, 9.17) is 6.85 Å². The van der Waals surface area contributed by atoms with Crippen LogP contribution in [0.3, 0.4) is 0 Å². The fourth-order valence-electron chi connectivity index (χ4n) is 6.07. The van der Waals surface area contributed by atoms with Gasteiger partial charge in [-0.15, -0.1) is 0 Å². The molecule has 1 heteroatoms. The van der Waals surface area contributed by atoms with Gasteiger partial charge >= 0.3 is 0 Å². The monoisotopic (exact) mass is 500 g/mol. The highest BCUT2D eigenvalue weighted by molar-refractivity contribution is 6.22. The van der Waals surface area contributed by atoms with Gasteiger partial charge in [-0.3, -0.25) is 0 Å². The molecule has 0 atom stereocenters. The lowest BCUT2D eigenvalue weighted by molar-refractivity contribution is 1.18. The predicted molar refractivity (Wildman–Crippen MR) is 167 cm³/mol. The van der Waals surface area contributed by atoms with Gasteiger partial charge in [-0.1, -0.05) is 127 Å². The van der Waals surface area contributed by atoms with Crippen molar-refractivity contribution in [1.29, 1.82) is 0 Å². The molecule has 0 unspecified atom stereocenters. The molecule has 0 amide bonds. The van der Waals surface area contributed by atoms with Crippen molar-refractivity contribution in [2.75, 3.05) is 0 Å². The third kappa shape index (κ3) is 3.34. The van der Waals surface area contributed by atoms with Gasteiger partial charge in [0.05, 0.1) is 17.9 Å². The largest absolute Gasteiger partial charge is 0.309 e. The number of nitrogens with zero attached hydrogens (tertiary/aromatic N) is 1. The summed E-state index contributed by atoms with van der Waals surface area (Å²) in [6.45, 7) is 0. The first kappa shape index (κ1) is 17.4. The maximum Gasteiger partial charge on any atom is 0.0629 e. The predicted octanol–water partition coefficient (Wildman–Crippen LogP) is 10.4. The van der Waals surface area contributed by atoms with Gasteiger partial charge in [-0.2, -0.15) is 0 Å². The van der Waals surface area contributed by atoms with Crippen LogP contribution in [0.25, 0.3) is 71.3 Å². The Hall–Kier alpha value is -5.14. The first-order chi connectivity index (χ1) is 21.5. The molecule has 0 aliphatic carbocycles. The summed E-state index contributed by atoms with van der Waals surface area (Å²) in [4.78, 5) is 0. The number of rotatable bonds is 3. The van der Waals surface area contributed by atoms with Crippen LogP contribution in [0, 0.1) is 0 Å². The SMILES string of the molecule is [2H]c1c([2H])c([2H])c(-c2c3ccccc3c(-c3ccc4c5ccccc5n(-c5ccccc5)c4c3)c3ccccc23)c([2H])c1[2H]. The normalized spacial score (nSPS) is 13.4. The van der Waals surface area contributed by atoms with Gasteiger partial charge in [0.15, 0.2) is 0 Å². The summed E-state index contributed by atoms with van der Waals surface area (Å²) < 4.78 is 44.9. The van der Waals surface area contributed by atoms with E-state index in [2.05, 4.69) is 83.4 Å². The van der Waals surface area contributed by atoms with Crippen LogP contribution in [0.2, 0.25) is 0 Å². The lowest BCUT2D eigenvalue weighted by Crippen LogP contribution is -1.94. The van der Waals surface area contributed by atoms with Crippen LogP contribution in [-0.4, -0.2) is 4.57 Å². The standard InChI is InChI=1S/C38H25N/c1-3-13-26(14-4-1)37-31-18-7-9-20-33(31)38(34-21-10-8-19-32(34)37)27-23-24-30-29-17-11-12-22-35(29)39(36(30)25-27)28-15-5-2-6-16-28/h1-25H/i1D,3D,4D,13D,14D. The van der Waals surface area contributed by atoms with E-state index < -0.39 is 6.04 Å². The Balaban J connectivity index is 1.51. The minimum Gasteiger partial charge on any atom is -0.309 e. The Labute approximate surface area is 234 Å². The molecule has 0 aliphatic rings. The molecule has 0 saturated heterocycles. The van der Waals surface area contributed by atoms with Crippen molar-refractivity contribution in [1.82, 2.24) is 4.57 Å². The maximum atomic E-state index is 8.81. The van der Waals surface area contributed by atoms with Crippen LogP contribution in [0.4, 0.5) is 0 Å². The Morgan fingerprint density at radius 1 is 0.410 bits per heavy atom. The van der Waals surface area contributed by atoms with Gasteiger partial charge in [-0.05, 0) is 68.1 Å². The summed E-state index contributed by atoms with van der Waals surface area (Å²) in [5.74, 6) is 0. The third-order valence-corrected chi connectivity index (χ3v) is 7.66. The Bertz CT molecular complexity index is 2360. The van der Waals surface area contributed by atoms with Gasteiger partial charge in [0.1, 0.15) is 0 Å². The minimum absolute atomic E-state index is 0.201. The Morgan fingerprint density at radius 3 is 1.56 bits per heavy atom. The number of para-hydroxylation sites is 2. The van der Waals surface area contributed by atoms with Crippen molar-refractivity contribution in [3.05, 3.63) is 152 Å². The zero-order chi connectivity index (χ0) is 30.1. The zero-order valence-corrected chi connectivity index (χ0v) is 21.0. The maximum absolute atomic E-state index is 8.81. The number of benzene rings is 7. The van der Waals surface area contributed by atoms with Gasteiger partial charge < -0.3 is 4.57 Å². The molecule has 0 fully saturated rings. The van der Waals surface area contributed by atoms with Gasteiger partial charge in [0.2, 0.25) is 0 Å². The van der Waals surface area contributed by atoms with E-state index >= 15 is 0 Å². The molecule has 0 radical (unpaired) electrons. The second kappa shape index (κ2) is 8.72. The van der Waals surface area contributed by atoms with Gasteiger partial charge in [0.25, 0.3) is 0 Å². The van der Waals surface area contributed by atoms with E-state index in [-0.39, 0.29) is 29.7 Å². The topological polar surface area (TPSA) is 4.93 Å². The fraction of sp³-hybridized carbons (Fsp3) is 0. The molecular formula is C38H25N. The number of hydrogen-bond donors (Lipinski definition) is 0. The molecule has 0 bridgehead atoms. The quantitative estimate of drug-likeness (QED) is 0.213. The summed E-state index contributed by atoms with van der Waals surface area (Å²) in [7, 11) is 0. The lowest BCUT2D eigenvalue weighted by Gasteiger charge is -2.18. The molecule has 39 heavy (non-hydrogen) atoms. The molecule has 182 valence electrons. The van der Waals surface area contributed by atoms with Crippen LogP contribution in [-0.2, 0) is 0 Å². The van der Waals surface area contributed by atoms with Crippen molar-refractivity contribution in [3.63, 3.8) is 0 Å². The van der Waals surface area contributed by atoms with E-state index in [9.17, 15) is 0 Å². The van der Waals surface area contributed by atoms with Crippen molar-refractivity contribution in [2.24, 2.45) is 0 Å². The molecule has 0 aliphatic heterocycles. The molecule has 8 rings (SSSR count).